The monoisotopic (exact) mass is 336 g/mol. The molecule has 0 saturated heterocycles. The Bertz CT molecular complexity index is 772. The predicted octanol–water partition coefficient (Wildman–Crippen LogP) is 2.94. The molecular formula is C16H17FN2O3S. The Morgan fingerprint density at radius 1 is 1.04 bits per heavy atom. The van der Waals surface area contributed by atoms with E-state index in [0.29, 0.717) is 5.69 Å². The molecule has 0 atom stereocenters. The molecule has 23 heavy (non-hydrogen) atoms. The first-order valence-electron chi connectivity index (χ1n) is 7.03. The molecule has 0 heterocycles. The molecule has 0 aromatic heterocycles. The predicted molar refractivity (Wildman–Crippen MR) is 86.4 cm³/mol. The van der Waals surface area contributed by atoms with E-state index < -0.39 is 15.9 Å². The molecule has 2 amide bonds. The van der Waals surface area contributed by atoms with Gasteiger partial charge in [-0.25, -0.2) is 17.6 Å². The maximum Gasteiger partial charge on any atom is 0.319 e. The van der Waals surface area contributed by atoms with Crippen molar-refractivity contribution in [1.82, 2.24) is 5.32 Å². The molecule has 0 aliphatic carbocycles. The molecule has 0 aliphatic heterocycles. The lowest BCUT2D eigenvalue weighted by Gasteiger charge is -2.08. The quantitative estimate of drug-likeness (QED) is 0.881. The molecule has 0 spiro atoms. The number of rotatable bonds is 5. The van der Waals surface area contributed by atoms with E-state index in [1.54, 1.807) is 19.1 Å². The van der Waals surface area contributed by atoms with Gasteiger partial charge in [-0.3, -0.25) is 0 Å². The Hall–Kier alpha value is -2.41. The second-order valence-corrected chi connectivity index (χ2v) is 7.14. The Morgan fingerprint density at radius 3 is 2.22 bits per heavy atom. The lowest BCUT2D eigenvalue weighted by molar-refractivity contribution is 0.251. The third-order valence-electron chi connectivity index (χ3n) is 3.22. The first-order valence-corrected chi connectivity index (χ1v) is 8.68. The van der Waals surface area contributed by atoms with Gasteiger partial charge in [0.1, 0.15) is 5.82 Å². The minimum Gasteiger partial charge on any atom is -0.334 e. The fraction of sp³-hybridized carbons (Fsp3) is 0.188. The standard InChI is InChI=1S/C16H17FN2O3S/c1-2-23(21,22)15-9-7-14(8-10-15)19-16(20)18-11-12-3-5-13(17)6-4-12/h3-10H,2,11H2,1H3,(H2,18,19,20). The zero-order valence-corrected chi connectivity index (χ0v) is 13.4. The van der Waals surface area contributed by atoms with Gasteiger partial charge in [-0.2, -0.15) is 0 Å². The van der Waals surface area contributed by atoms with Crippen molar-refractivity contribution in [2.45, 2.75) is 18.4 Å². The van der Waals surface area contributed by atoms with Gasteiger partial charge in [-0.1, -0.05) is 19.1 Å². The van der Waals surface area contributed by atoms with E-state index in [1.807, 2.05) is 0 Å². The summed E-state index contributed by atoms with van der Waals surface area (Å²) in [7, 11) is -3.25. The number of hydrogen-bond donors (Lipinski definition) is 2. The van der Waals surface area contributed by atoms with Crippen LogP contribution >= 0.6 is 0 Å². The smallest absolute Gasteiger partial charge is 0.319 e. The summed E-state index contributed by atoms with van der Waals surface area (Å²) in [6.45, 7) is 1.83. The van der Waals surface area contributed by atoms with Crippen molar-refractivity contribution < 1.29 is 17.6 Å². The molecule has 7 heteroatoms. The van der Waals surface area contributed by atoms with Gasteiger partial charge < -0.3 is 10.6 Å². The highest BCUT2D eigenvalue weighted by Gasteiger charge is 2.11. The summed E-state index contributed by atoms with van der Waals surface area (Å²) in [5.41, 5.74) is 1.25. The molecule has 0 unspecified atom stereocenters. The molecule has 0 aliphatic rings. The Kier molecular flexibility index (Phi) is 5.33. The van der Waals surface area contributed by atoms with Crippen molar-refractivity contribution in [3.63, 3.8) is 0 Å². The van der Waals surface area contributed by atoms with Gasteiger partial charge >= 0.3 is 6.03 Å². The summed E-state index contributed by atoms with van der Waals surface area (Å²) >= 11 is 0. The van der Waals surface area contributed by atoms with Crippen molar-refractivity contribution in [3.05, 3.63) is 59.9 Å². The number of carbonyl (C=O) groups is 1. The van der Waals surface area contributed by atoms with Crippen LogP contribution in [0.15, 0.2) is 53.4 Å². The van der Waals surface area contributed by atoms with Crippen LogP contribution in [0, 0.1) is 5.82 Å². The number of hydrogen-bond acceptors (Lipinski definition) is 3. The lowest BCUT2D eigenvalue weighted by Crippen LogP contribution is -2.28. The number of halogens is 1. The SMILES string of the molecule is CCS(=O)(=O)c1ccc(NC(=O)NCc2ccc(F)cc2)cc1. The lowest BCUT2D eigenvalue weighted by atomic mass is 10.2. The molecule has 5 nitrogen and oxygen atoms in total. The van der Waals surface area contributed by atoms with Crippen molar-refractivity contribution in [2.75, 3.05) is 11.1 Å². The van der Waals surface area contributed by atoms with Gasteiger partial charge in [0, 0.05) is 12.2 Å². The number of carbonyl (C=O) groups excluding carboxylic acids is 1. The van der Waals surface area contributed by atoms with E-state index >= 15 is 0 Å². The van der Waals surface area contributed by atoms with E-state index in [0.717, 1.165) is 5.56 Å². The van der Waals surface area contributed by atoms with E-state index in [1.165, 1.54) is 36.4 Å². The third kappa shape index (κ3) is 4.79. The van der Waals surface area contributed by atoms with Crippen LogP contribution < -0.4 is 10.6 Å². The molecule has 2 N–H and O–H groups in total. The van der Waals surface area contributed by atoms with Gasteiger partial charge in [0.15, 0.2) is 9.84 Å². The maximum absolute atomic E-state index is 12.8. The van der Waals surface area contributed by atoms with Crippen molar-refractivity contribution in [3.8, 4) is 0 Å². The fourth-order valence-corrected chi connectivity index (χ4v) is 2.76. The van der Waals surface area contributed by atoms with Crippen LogP contribution in [0.5, 0.6) is 0 Å². The van der Waals surface area contributed by atoms with Crippen LogP contribution in [-0.2, 0) is 16.4 Å². The Morgan fingerprint density at radius 2 is 1.65 bits per heavy atom. The van der Waals surface area contributed by atoms with E-state index in [4.69, 9.17) is 0 Å². The van der Waals surface area contributed by atoms with Crippen LogP contribution in [0.3, 0.4) is 0 Å². The molecule has 2 aromatic rings. The van der Waals surface area contributed by atoms with E-state index in [-0.39, 0.29) is 23.0 Å². The first kappa shape index (κ1) is 17.0. The van der Waals surface area contributed by atoms with Gasteiger partial charge in [0.2, 0.25) is 0 Å². The number of benzene rings is 2. The van der Waals surface area contributed by atoms with Crippen LogP contribution in [0.25, 0.3) is 0 Å². The van der Waals surface area contributed by atoms with Crippen LogP contribution in [0.4, 0.5) is 14.9 Å². The molecule has 0 bridgehead atoms. The zero-order valence-electron chi connectivity index (χ0n) is 12.5. The fourth-order valence-electron chi connectivity index (χ4n) is 1.87. The first-order chi connectivity index (χ1) is 10.9. The highest BCUT2D eigenvalue weighted by molar-refractivity contribution is 7.91. The summed E-state index contributed by atoms with van der Waals surface area (Å²) in [6, 6.07) is 11.3. The van der Waals surface area contributed by atoms with Gasteiger partial charge in [0.05, 0.1) is 10.6 Å². The van der Waals surface area contributed by atoms with E-state index in [9.17, 15) is 17.6 Å². The summed E-state index contributed by atoms with van der Waals surface area (Å²) in [5, 5.41) is 5.23. The molecule has 0 radical (unpaired) electrons. The number of urea groups is 1. The summed E-state index contributed by atoms with van der Waals surface area (Å²) in [5.74, 6) is -0.307. The molecular weight excluding hydrogens is 319 g/mol. The minimum atomic E-state index is -3.25. The van der Waals surface area contributed by atoms with Gasteiger partial charge in [-0.05, 0) is 42.0 Å². The van der Waals surface area contributed by atoms with Crippen LogP contribution in [-0.4, -0.2) is 20.2 Å². The summed E-state index contributed by atoms with van der Waals surface area (Å²) in [6.07, 6.45) is 0. The second kappa shape index (κ2) is 7.23. The van der Waals surface area contributed by atoms with Crippen molar-refractivity contribution in [1.29, 1.82) is 0 Å². The van der Waals surface area contributed by atoms with Crippen LogP contribution in [0.2, 0.25) is 0 Å². The van der Waals surface area contributed by atoms with Crippen molar-refractivity contribution in [2.24, 2.45) is 0 Å². The number of sulfone groups is 1. The minimum absolute atomic E-state index is 0.0257. The van der Waals surface area contributed by atoms with Gasteiger partial charge in [0.25, 0.3) is 0 Å². The molecule has 0 fully saturated rings. The topological polar surface area (TPSA) is 75.3 Å². The van der Waals surface area contributed by atoms with Crippen LogP contribution in [0.1, 0.15) is 12.5 Å². The molecule has 0 saturated carbocycles. The number of amides is 2. The number of nitrogens with one attached hydrogen (secondary N) is 2. The average Bonchev–Trinajstić information content (AvgIpc) is 2.55. The summed E-state index contributed by atoms with van der Waals surface area (Å²) < 4.78 is 36.2. The Balaban J connectivity index is 1.91. The normalized spacial score (nSPS) is 11.0. The highest BCUT2D eigenvalue weighted by atomic mass is 32.2. The van der Waals surface area contributed by atoms with E-state index in [2.05, 4.69) is 10.6 Å². The molecule has 122 valence electrons. The zero-order chi connectivity index (χ0) is 16.9. The molecule has 2 rings (SSSR count). The van der Waals surface area contributed by atoms with Gasteiger partial charge in [-0.15, -0.1) is 0 Å². The second-order valence-electron chi connectivity index (χ2n) is 4.86. The van der Waals surface area contributed by atoms with Crippen molar-refractivity contribution >= 4 is 21.6 Å². The molecule has 2 aromatic carbocycles. The largest absolute Gasteiger partial charge is 0.334 e. The highest BCUT2D eigenvalue weighted by Crippen LogP contribution is 2.15. The third-order valence-corrected chi connectivity index (χ3v) is 4.97. The number of anilines is 1. The average molecular weight is 336 g/mol. The summed E-state index contributed by atoms with van der Waals surface area (Å²) in [4.78, 5) is 12.0. The Labute approximate surface area is 134 Å². The maximum atomic E-state index is 12.8.